The Morgan fingerprint density at radius 2 is 1.81 bits per heavy atom. The van der Waals surface area contributed by atoms with E-state index in [4.69, 9.17) is 39.5 Å². The van der Waals surface area contributed by atoms with E-state index in [9.17, 15) is 14.4 Å². The molecule has 1 aromatic carbocycles. The summed E-state index contributed by atoms with van der Waals surface area (Å²) in [6, 6.07) is 2.17. The summed E-state index contributed by atoms with van der Waals surface area (Å²) < 4.78 is 5.15. The minimum Gasteiger partial charge on any atom is -0.422 e. The number of hydrogen-bond acceptors (Lipinski definition) is 4. The van der Waals surface area contributed by atoms with E-state index in [0.717, 1.165) is 17.7 Å². The van der Waals surface area contributed by atoms with Crippen LogP contribution in [0.3, 0.4) is 0 Å². The predicted molar refractivity (Wildman–Crippen MR) is 97.7 cm³/mol. The van der Waals surface area contributed by atoms with Gasteiger partial charge in [0.1, 0.15) is 12.1 Å². The average Bonchev–Trinajstić information content (AvgIpc) is 2.78. The van der Waals surface area contributed by atoms with Crippen molar-refractivity contribution in [2.24, 2.45) is 5.92 Å². The lowest BCUT2D eigenvalue weighted by atomic mass is 9.77. The smallest absolute Gasteiger partial charge is 0.331 e. The number of ether oxygens (including phenoxy) is 1. The van der Waals surface area contributed by atoms with Gasteiger partial charge in [-0.05, 0) is 43.7 Å². The molecule has 1 heterocycles. The van der Waals surface area contributed by atoms with Crippen LogP contribution in [-0.2, 0) is 9.59 Å². The van der Waals surface area contributed by atoms with Gasteiger partial charge < -0.3 is 10.1 Å². The SMILES string of the molecule is CC1CCC2(CC1)NC(=O)N(CC(=O)Oc1c(Cl)cc(Cl)cc1Cl)C2=O. The molecular weight excluding hydrogens is 403 g/mol. The largest absolute Gasteiger partial charge is 0.422 e. The first-order valence-corrected chi connectivity index (χ1v) is 9.34. The van der Waals surface area contributed by atoms with E-state index in [2.05, 4.69) is 12.2 Å². The van der Waals surface area contributed by atoms with Gasteiger partial charge in [-0.15, -0.1) is 0 Å². The van der Waals surface area contributed by atoms with Gasteiger partial charge in [0.05, 0.1) is 10.0 Å². The van der Waals surface area contributed by atoms with Gasteiger partial charge in [0, 0.05) is 5.02 Å². The Hall–Kier alpha value is -1.50. The fourth-order valence-corrected chi connectivity index (χ4v) is 4.21. The summed E-state index contributed by atoms with van der Waals surface area (Å²) >= 11 is 17.8. The molecule has 0 aromatic heterocycles. The number of imide groups is 1. The minimum atomic E-state index is -0.903. The summed E-state index contributed by atoms with van der Waals surface area (Å²) in [7, 11) is 0. The Morgan fingerprint density at radius 3 is 2.38 bits per heavy atom. The van der Waals surface area contributed by atoms with E-state index in [1.54, 1.807) is 0 Å². The lowest BCUT2D eigenvalue weighted by Gasteiger charge is -2.33. The van der Waals surface area contributed by atoms with Crippen molar-refractivity contribution < 1.29 is 19.1 Å². The van der Waals surface area contributed by atoms with Gasteiger partial charge in [0.2, 0.25) is 0 Å². The first-order valence-electron chi connectivity index (χ1n) is 8.21. The number of rotatable bonds is 3. The van der Waals surface area contributed by atoms with Crippen LogP contribution in [0.4, 0.5) is 4.79 Å². The first-order chi connectivity index (χ1) is 12.2. The average molecular weight is 420 g/mol. The molecule has 2 fully saturated rings. The fourth-order valence-electron chi connectivity index (χ4n) is 3.32. The molecule has 1 saturated heterocycles. The topological polar surface area (TPSA) is 75.7 Å². The minimum absolute atomic E-state index is 0.0593. The number of esters is 1. The second kappa shape index (κ2) is 7.25. The van der Waals surface area contributed by atoms with Crippen LogP contribution in [-0.4, -0.2) is 34.9 Å². The van der Waals surface area contributed by atoms with Crippen molar-refractivity contribution in [1.82, 2.24) is 10.2 Å². The van der Waals surface area contributed by atoms with Crippen LogP contribution in [0.15, 0.2) is 12.1 Å². The van der Waals surface area contributed by atoms with Crippen LogP contribution in [0, 0.1) is 5.92 Å². The summed E-state index contributed by atoms with van der Waals surface area (Å²) in [6.07, 6.45) is 2.83. The molecule has 1 N–H and O–H groups in total. The van der Waals surface area contributed by atoms with Gasteiger partial charge in [0.25, 0.3) is 5.91 Å². The highest BCUT2D eigenvalue weighted by Crippen LogP contribution is 2.37. The molecule has 1 aliphatic heterocycles. The van der Waals surface area contributed by atoms with E-state index in [1.165, 1.54) is 12.1 Å². The normalized spacial score (nSPS) is 25.5. The van der Waals surface area contributed by atoms with Gasteiger partial charge in [-0.2, -0.15) is 0 Å². The molecule has 9 heteroatoms. The Bertz CT molecular complexity index is 752. The van der Waals surface area contributed by atoms with Crippen molar-refractivity contribution in [3.8, 4) is 5.75 Å². The highest BCUT2D eigenvalue weighted by Gasteiger charge is 2.52. The van der Waals surface area contributed by atoms with Crippen LogP contribution < -0.4 is 10.1 Å². The number of nitrogens with one attached hydrogen (secondary N) is 1. The third-order valence-electron chi connectivity index (χ3n) is 4.84. The molecule has 1 spiro atoms. The molecule has 3 rings (SSSR count). The van der Waals surface area contributed by atoms with Crippen molar-refractivity contribution in [2.45, 2.75) is 38.1 Å². The van der Waals surface area contributed by atoms with E-state index in [-0.39, 0.29) is 21.7 Å². The monoisotopic (exact) mass is 418 g/mol. The maximum Gasteiger partial charge on any atom is 0.331 e. The molecule has 26 heavy (non-hydrogen) atoms. The zero-order valence-corrected chi connectivity index (χ0v) is 16.2. The van der Waals surface area contributed by atoms with Crippen LogP contribution >= 0.6 is 34.8 Å². The number of carbonyl (C=O) groups is 3. The molecule has 3 amide bonds. The summed E-state index contributed by atoms with van der Waals surface area (Å²) in [4.78, 5) is 38.1. The number of nitrogens with zero attached hydrogens (tertiary/aromatic N) is 1. The van der Waals surface area contributed by atoms with Gasteiger partial charge in [-0.3, -0.25) is 9.69 Å². The third-order valence-corrected chi connectivity index (χ3v) is 5.62. The van der Waals surface area contributed by atoms with E-state index < -0.39 is 24.1 Å². The molecule has 0 unspecified atom stereocenters. The van der Waals surface area contributed by atoms with Crippen LogP contribution in [0.2, 0.25) is 15.1 Å². The fraction of sp³-hybridized carbons (Fsp3) is 0.471. The molecule has 1 saturated carbocycles. The molecule has 1 aromatic rings. The maximum atomic E-state index is 12.7. The highest BCUT2D eigenvalue weighted by molar-refractivity contribution is 6.40. The van der Waals surface area contributed by atoms with Crippen LogP contribution in [0.1, 0.15) is 32.6 Å². The number of amides is 3. The van der Waals surface area contributed by atoms with Gasteiger partial charge in [0.15, 0.2) is 5.75 Å². The molecule has 1 aliphatic carbocycles. The van der Waals surface area contributed by atoms with Crippen molar-refractivity contribution in [3.63, 3.8) is 0 Å². The number of hydrogen-bond donors (Lipinski definition) is 1. The molecule has 6 nitrogen and oxygen atoms in total. The Balaban J connectivity index is 1.70. The summed E-state index contributed by atoms with van der Waals surface area (Å²) in [5.74, 6) is -0.755. The Morgan fingerprint density at radius 1 is 1.23 bits per heavy atom. The number of carbonyl (C=O) groups excluding carboxylic acids is 3. The molecule has 0 radical (unpaired) electrons. The molecule has 0 bridgehead atoms. The van der Waals surface area contributed by atoms with E-state index in [0.29, 0.717) is 23.8 Å². The van der Waals surface area contributed by atoms with Crippen LogP contribution in [0.5, 0.6) is 5.75 Å². The number of halogens is 3. The van der Waals surface area contributed by atoms with E-state index in [1.807, 2.05) is 0 Å². The second-order valence-electron chi connectivity index (χ2n) is 6.76. The zero-order chi connectivity index (χ0) is 19.1. The summed E-state index contributed by atoms with van der Waals surface area (Å²) in [6.45, 7) is 1.60. The Kier molecular flexibility index (Phi) is 5.37. The quantitative estimate of drug-likeness (QED) is 0.455. The third kappa shape index (κ3) is 3.63. The van der Waals surface area contributed by atoms with Crippen molar-refractivity contribution in [1.29, 1.82) is 0 Å². The molecule has 0 atom stereocenters. The first kappa shape index (κ1) is 19.3. The van der Waals surface area contributed by atoms with Crippen molar-refractivity contribution in [3.05, 3.63) is 27.2 Å². The summed E-state index contributed by atoms with van der Waals surface area (Å²) in [5, 5.41) is 3.16. The van der Waals surface area contributed by atoms with Crippen molar-refractivity contribution in [2.75, 3.05) is 6.54 Å². The predicted octanol–water partition coefficient (Wildman–Crippen LogP) is 4.05. The lowest BCUT2D eigenvalue weighted by molar-refractivity contribution is -0.141. The second-order valence-corrected chi connectivity index (χ2v) is 8.01. The molecular formula is C17H17Cl3N2O4. The molecule has 140 valence electrons. The zero-order valence-electron chi connectivity index (χ0n) is 14.0. The Labute approximate surface area is 165 Å². The van der Waals surface area contributed by atoms with Gasteiger partial charge in [-0.1, -0.05) is 41.7 Å². The number of urea groups is 1. The molecule has 2 aliphatic rings. The van der Waals surface area contributed by atoms with Gasteiger partial charge >= 0.3 is 12.0 Å². The van der Waals surface area contributed by atoms with Crippen molar-refractivity contribution >= 4 is 52.7 Å². The van der Waals surface area contributed by atoms with Crippen LogP contribution in [0.25, 0.3) is 0 Å². The highest BCUT2D eigenvalue weighted by atomic mass is 35.5. The summed E-state index contributed by atoms with van der Waals surface area (Å²) in [5.41, 5.74) is -0.903. The van der Waals surface area contributed by atoms with Gasteiger partial charge in [-0.25, -0.2) is 9.59 Å². The number of benzene rings is 1. The maximum absolute atomic E-state index is 12.7. The standard InChI is InChI=1S/C17H17Cl3N2O4/c1-9-2-4-17(5-3-9)15(24)22(16(25)21-17)8-13(23)26-14-11(19)6-10(18)7-12(14)20/h6-7,9H,2-5,8H2,1H3,(H,21,25). The van der Waals surface area contributed by atoms with E-state index >= 15 is 0 Å². The lowest BCUT2D eigenvalue weighted by Crippen LogP contribution is -2.49.